The molecule has 1 aliphatic rings. The zero-order chi connectivity index (χ0) is 10.8. The number of fused-ring (bicyclic) bond motifs is 1. The Morgan fingerprint density at radius 2 is 2.47 bits per heavy atom. The average molecular weight is 269 g/mol. The van der Waals surface area contributed by atoms with Gasteiger partial charge in [-0.25, -0.2) is 0 Å². The first-order valence-corrected chi connectivity index (χ1v) is 6.16. The van der Waals surface area contributed by atoms with Crippen LogP contribution >= 0.6 is 15.9 Å². The van der Waals surface area contributed by atoms with E-state index in [1.165, 1.54) is 5.56 Å². The average Bonchev–Trinajstić information content (AvgIpc) is 2.62. The molecule has 1 aliphatic heterocycles. The van der Waals surface area contributed by atoms with Crippen molar-refractivity contribution in [2.45, 2.75) is 18.8 Å². The highest BCUT2D eigenvalue weighted by Gasteiger charge is 2.21. The molecule has 0 amide bonds. The van der Waals surface area contributed by atoms with Crippen molar-refractivity contribution in [1.29, 1.82) is 0 Å². The molecule has 0 aliphatic carbocycles. The van der Waals surface area contributed by atoms with E-state index in [9.17, 15) is 4.79 Å². The van der Waals surface area contributed by atoms with E-state index in [4.69, 9.17) is 4.74 Å². The summed E-state index contributed by atoms with van der Waals surface area (Å²) >= 11 is 3.35. The number of aldehydes is 1. The van der Waals surface area contributed by atoms with Crippen LogP contribution in [0, 0.1) is 0 Å². The molecule has 1 aromatic carbocycles. The number of halogens is 1. The van der Waals surface area contributed by atoms with E-state index in [1.54, 1.807) is 0 Å². The van der Waals surface area contributed by atoms with E-state index in [0.717, 1.165) is 24.2 Å². The van der Waals surface area contributed by atoms with E-state index in [0.29, 0.717) is 11.2 Å². The van der Waals surface area contributed by atoms with E-state index >= 15 is 0 Å². The highest BCUT2D eigenvalue weighted by Crippen LogP contribution is 2.35. The van der Waals surface area contributed by atoms with Crippen molar-refractivity contribution in [3.05, 3.63) is 29.3 Å². The molecule has 1 aromatic rings. The van der Waals surface area contributed by atoms with Crippen molar-refractivity contribution in [1.82, 2.24) is 0 Å². The summed E-state index contributed by atoms with van der Waals surface area (Å²) in [5, 5.41) is 0.671. The normalized spacial score (nSPS) is 20.5. The summed E-state index contributed by atoms with van der Waals surface area (Å²) in [6, 6.07) is 6.03. The van der Waals surface area contributed by atoms with Crippen LogP contribution in [0.3, 0.4) is 0 Å². The lowest BCUT2D eigenvalue weighted by atomic mass is 9.96. The molecule has 0 saturated carbocycles. The first-order chi connectivity index (χ1) is 7.26. The van der Waals surface area contributed by atoms with Gasteiger partial charge in [-0.2, -0.15) is 0 Å². The van der Waals surface area contributed by atoms with Crippen LogP contribution in [0.1, 0.15) is 29.9 Å². The van der Waals surface area contributed by atoms with Crippen LogP contribution in [0.4, 0.5) is 0 Å². The predicted octanol–water partition coefficient (Wildman–Crippen LogP) is 2.86. The summed E-state index contributed by atoms with van der Waals surface area (Å²) in [7, 11) is 0. The molecule has 2 rings (SSSR count). The Labute approximate surface area is 97.8 Å². The zero-order valence-corrected chi connectivity index (χ0v) is 10.2. The highest BCUT2D eigenvalue weighted by molar-refractivity contribution is 9.09. The number of rotatable bonds is 3. The minimum absolute atomic E-state index is 0.0527. The number of hydrogen-bond acceptors (Lipinski definition) is 2. The Kier molecular flexibility index (Phi) is 3.10. The number of hydrogen-bond donors (Lipinski definition) is 0. The molecule has 0 radical (unpaired) electrons. The molecule has 3 heteroatoms. The lowest BCUT2D eigenvalue weighted by Gasteiger charge is -2.09. The molecule has 2 atom stereocenters. The van der Waals surface area contributed by atoms with Crippen LogP contribution in [0.5, 0.6) is 5.75 Å². The third-order valence-electron chi connectivity index (χ3n) is 2.81. The SMILES string of the molecule is CC1COc2ccc(C(C=O)CBr)cc21. The summed E-state index contributed by atoms with van der Waals surface area (Å²) in [6.07, 6.45) is 0.983. The standard InChI is InChI=1S/C12H13BrO2/c1-8-7-15-12-3-2-9(4-11(8)12)10(5-13)6-14/h2-4,6,8,10H,5,7H2,1H3. The Bertz CT molecular complexity index is 376. The van der Waals surface area contributed by atoms with Gasteiger partial charge in [-0.15, -0.1) is 0 Å². The smallest absolute Gasteiger partial charge is 0.128 e. The third kappa shape index (κ3) is 1.93. The predicted molar refractivity (Wildman–Crippen MR) is 63.0 cm³/mol. The third-order valence-corrected chi connectivity index (χ3v) is 3.51. The van der Waals surface area contributed by atoms with Crippen molar-refractivity contribution in [3.63, 3.8) is 0 Å². The van der Waals surface area contributed by atoms with Crippen molar-refractivity contribution < 1.29 is 9.53 Å². The molecule has 0 aromatic heterocycles. The van der Waals surface area contributed by atoms with Crippen LogP contribution in [0.25, 0.3) is 0 Å². The number of ether oxygens (including phenoxy) is 1. The molecule has 0 N–H and O–H groups in total. The molecule has 2 nitrogen and oxygen atoms in total. The van der Waals surface area contributed by atoms with Gasteiger partial charge in [0.2, 0.25) is 0 Å². The molecule has 80 valence electrons. The lowest BCUT2D eigenvalue weighted by molar-refractivity contribution is -0.108. The van der Waals surface area contributed by atoms with Crippen LogP contribution in [0.2, 0.25) is 0 Å². The van der Waals surface area contributed by atoms with Gasteiger partial charge in [0.15, 0.2) is 0 Å². The fraction of sp³-hybridized carbons (Fsp3) is 0.417. The summed E-state index contributed by atoms with van der Waals surface area (Å²) in [6.45, 7) is 2.89. The van der Waals surface area contributed by atoms with E-state index in [1.807, 2.05) is 12.1 Å². The van der Waals surface area contributed by atoms with Crippen LogP contribution in [0.15, 0.2) is 18.2 Å². The van der Waals surface area contributed by atoms with Gasteiger partial charge in [-0.1, -0.05) is 35.0 Å². The molecular weight excluding hydrogens is 256 g/mol. The largest absolute Gasteiger partial charge is 0.493 e. The molecule has 0 fully saturated rings. The Morgan fingerprint density at radius 3 is 3.13 bits per heavy atom. The van der Waals surface area contributed by atoms with Gasteiger partial charge in [-0.3, -0.25) is 0 Å². The molecule has 0 bridgehead atoms. The minimum atomic E-state index is -0.0527. The number of carbonyl (C=O) groups excluding carboxylic acids is 1. The van der Waals surface area contributed by atoms with Crippen molar-refractivity contribution in [2.75, 3.05) is 11.9 Å². The maximum atomic E-state index is 10.9. The summed E-state index contributed by atoms with van der Waals surface area (Å²) < 4.78 is 5.51. The monoisotopic (exact) mass is 268 g/mol. The lowest BCUT2D eigenvalue weighted by Crippen LogP contribution is -2.02. The topological polar surface area (TPSA) is 26.3 Å². The zero-order valence-electron chi connectivity index (χ0n) is 8.57. The summed E-state index contributed by atoms with van der Waals surface area (Å²) in [4.78, 5) is 10.9. The molecule has 0 spiro atoms. The Hall–Kier alpha value is -0.830. The van der Waals surface area contributed by atoms with Crippen LogP contribution < -0.4 is 4.74 Å². The first kappa shape index (κ1) is 10.7. The molecule has 0 saturated heterocycles. The second-order valence-corrected chi connectivity index (χ2v) is 4.55. The molecule has 15 heavy (non-hydrogen) atoms. The van der Waals surface area contributed by atoms with Gasteiger partial charge in [0.1, 0.15) is 12.0 Å². The second-order valence-electron chi connectivity index (χ2n) is 3.91. The first-order valence-electron chi connectivity index (χ1n) is 5.04. The van der Waals surface area contributed by atoms with Crippen molar-refractivity contribution >= 4 is 22.2 Å². The fourth-order valence-electron chi connectivity index (χ4n) is 1.82. The van der Waals surface area contributed by atoms with Crippen molar-refractivity contribution in [3.8, 4) is 5.75 Å². The Balaban J connectivity index is 2.36. The van der Waals surface area contributed by atoms with Gasteiger partial charge in [-0.05, 0) is 11.6 Å². The number of alkyl halides is 1. The molecule has 2 unspecified atom stereocenters. The molecular formula is C12H13BrO2. The number of benzene rings is 1. The van der Waals surface area contributed by atoms with Gasteiger partial charge < -0.3 is 9.53 Å². The van der Waals surface area contributed by atoms with Gasteiger partial charge in [0, 0.05) is 22.7 Å². The second kappa shape index (κ2) is 4.35. The minimum Gasteiger partial charge on any atom is -0.493 e. The maximum Gasteiger partial charge on any atom is 0.128 e. The Morgan fingerprint density at radius 1 is 1.67 bits per heavy atom. The highest BCUT2D eigenvalue weighted by atomic mass is 79.9. The van der Waals surface area contributed by atoms with Crippen molar-refractivity contribution in [2.24, 2.45) is 0 Å². The number of carbonyl (C=O) groups is 1. The quantitative estimate of drug-likeness (QED) is 0.623. The molecule has 1 heterocycles. The van der Waals surface area contributed by atoms with Gasteiger partial charge >= 0.3 is 0 Å². The van der Waals surface area contributed by atoms with Gasteiger partial charge in [0.05, 0.1) is 6.61 Å². The van der Waals surface area contributed by atoms with Crippen LogP contribution in [-0.4, -0.2) is 18.2 Å². The van der Waals surface area contributed by atoms with Crippen LogP contribution in [-0.2, 0) is 4.79 Å². The fourth-order valence-corrected chi connectivity index (χ4v) is 2.35. The summed E-state index contributed by atoms with van der Waals surface area (Å²) in [5.41, 5.74) is 2.29. The van der Waals surface area contributed by atoms with E-state index in [-0.39, 0.29) is 5.92 Å². The maximum absolute atomic E-state index is 10.9. The van der Waals surface area contributed by atoms with Gasteiger partial charge in [0.25, 0.3) is 0 Å². The van der Waals surface area contributed by atoms with E-state index < -0.39 is 0 Å². The summed E-state index contributed by atoms with van der Waals surface area (Å²) in [5.74, 6) is 1.34. The van der Waals surface area contributed by atoms with E-state index in [2.05, 4.69) is 28.9 Å².